The molecule has 2 N–H and O–H groups in total. The second-order valence-corrected chi connectivity index (χ2v) is 8.93. The quantitative estimate of drug-likeness (QED) is 0.504. The molecule has 4 rings (SSSR count). The van der Waals surface area contributed by atoms with Gasteiger partial charge in [-0.15, -0.1) is 10.2 Å². The van der Waals surface area contributed by atoms with Crippen molar-refractivity contribution in [3.8, 4) is 11.6 Å². The lowest BCUT2D eigenvalue weighted by atomic mass is 9.95. The Morgan fingerprint density at radius 1 is 1.12 bits per heavy atom. The van der Waals surface area contributed by atoms with Gasteiger partial charge < -0.3 is 9.73 Å². The number of urea groups is 1. The van der Waals surface area contributed by atoms with Crippen LogP contribution in [0.25, 0.3) is 11.6 Å². The van der Waals surface area contributed by atoms with E-state index in [1.54, 1.807) is 6.26 Å². The molecule has 1 fully saturated rings. The maximum absolute atomic E-state index is 12.4. The van der Waals surface area contributed by atoms with Gasteiger partial charge in [0.25, 0.3) is 0 Å². The summed E-state index contributed by atoms with van der Waals surface area (Å²) in [5.74, 6) is 1.00. The Labute approximate surface area is 191 Å². The first-order chi connectivity index (χ1) is 15.5. The maximum atomic E-state index is 12.4. The highest BCUT2D eigenvalue weighted by atomic mass is 32.2. The number of aromatic nitrogens is 3. The van der Waals surface area contributed by atoms with Gasteiger partial charge in [-0.3, -0.25) is 14.7 Å². The molecule has 0 bridgehead atoms. The van der Waals surface area contributed by atoms with Gasteiger partial charge in [0, 0.05) is 11.7 Å². The molecule has 3 aromatic rings. The number of carbonyl (C=O) groups excluding carboxylic acids is 2. The number of nitrogens with zero attached hydrogens (tertiary/aromatic N) is 3. The van der Waals surface area contributed by atoms with Crippen LogP contribution in [0.3, 0.4) is 0 Å². The molecule has 2 heterocycles. The lowest BCUT2D eigenvalue weighted by Gasteiger charge is -2.25. The van der Waals surface area contributed by atoms with Gasteiger partial charge in [0.2, 0.25) is 11.7 Å². The molecule has 0 aliphatic heterocycles. The Morgan fingerprint density at radius 2 is 1.94 bits per heavy atom. The number of nitrogens with one attached hydrogen (secondary N) is 2. The van der Waals surface area contributed by atoms with E-state index in [1.807, 2.05) is 44.2 Å². The fourth-order valence-corrected chi connectivity index (χ4v) is 4.76. The molecule has 0 radical (unpaired) electrons. The third-order valence-corrected chi connectivity index (χ3v) is 6.73. The average Bonchev–Trinajstić information content (AvgIpc) is 3.46. The van der Waals surface area contributed by atoms with Gasteiger partial charge in [-0.05, 0) is 56.0 Å². The van der Waals surface area contributed by atoms with Crippen LogP contribution in [0.1, 0.15) is 49.3 Å². The summed E-state index contributed by atoms with van der Waals surface area (Å²) in [6.45, 7) is 3.90. The summed E-state index contributed by atoms with van der Waals surface area (Å²) in [6, 6.07) is 9.06. The van der Waals surface area contributed by atoms with Crippen LogP contribution >= 0.6 is 11.8 Å². The molecule has 1 saturated carbocycles. The van der Waals surface area contributed by atoms with E-state index in [0.717, 1.165) is 36.8 Å². The van der Waals surface area contributed by atoms with Crippen molar-refractivity contribution >= 4 is 29.4 Å². The number of furan rings is 1. The molecular formula is C23H27N5O3S. The highest BCUT2D eigenvalue weighted by Crippen LogP contribution is 2.35. The molecule has 2 aromatic heterocycles. The largest absolute Gasteiger partial charge is 0.461 e. The average molecular weight is 454 g/mol. The van der Waals surface area contributed by atoms with Gasteiger partial charge in [-0.1, -0.05) is 43.2 Å². The fourth-order valence-electron chi connectivity index (χ4n) is 3.95. The molecule has 0 unspecified atom stereocenters. The van der Waals surface area contributed by atoms with E-state index >= 15 is 0 Å². The molecule has 1 aliphatic rings. The first-order valence-electron chi connectivity index (χ1n) is 10.8. The van der Waals surface area contributed by atoms with E-state index < -0.39 is 11.9 Å². The normalized spacial score (nSPS) is 14.3. The van der Waals surface area contributed by atoms with Gasteiger partial charge >= 0.3 is 6.03 Å². The summed E-state index contributed by atoms with van der Waals surface area (Å²) < 4.78 is 7.64. The van der Waals surface area contributed by atoms with Gasteiger partial charge in [-0.25, -0.2) is 4.79 Å². The molecular weight excluding hydrogens is 426 g/mol. The number of rotatable bonds is 6. The molecule has 32 heavy (non-hydrogen) atoms. The number of hydrogen-bond donors (Lipinski definition) is 2. The lowest BCUT2D eigenvalue weighted by molar-refractivity contribution is -0.117. The van der Waals surface area contributed by atoms with Crippen LogP contribution in [-0.2, 0) is 4.79 Å². The standard InChI is InChI=1S/C23H27N5O3S/c1-15-8-6-11-18(16(15)2)24-22(30)25-20(29)14-32-23-27-26-21(19-12-7-13-31-19)28(23)17-9-4-3-5-10-17/h6-8,11-13,17H,3-5,9-10,14H2,1-2H3,(H2,24,25,29,30). The molecule has 8 nitrogen and oxygen atoms in total. The number of amides is 3. The third-order valence-electron chi connectivity index (χ3n) is 5.78. The molecule has 1 aliphatic carbocycles. The summed E-state index contributed by atoms with van der Waals surface area (Å²) in [4.78, 5) is 24.7. The van der Waals surface area contributed by atoms with E-state index in [-0.39, 0.29) is 11.8 Å². The Morgan fingerprint density at radius 3 is 2.69 bits per heavy atom. The number of thioether (sulfide) groups is 1. The smallest absolute Gasteiger partial charge is 0.325 e. The van der Waals surface area contributed by atoms with Crippen LogP contribution in [0.2, 0.25) is 0 Å². The van der Waals surface area contributed by atoms with E-state index in [4.69, 9.17) is 4.42 Å². The van der Waals surface area contributed by atoms with Gasteiger partial charge in [0.15, 0.2) is 10.9 Å². The maximum Gasteiger partial charge on any atom is 0.325 e. The van der Waals surface area contributed by atoms with Crippen molar-refractivity contribution in [2.75, 3.05) is 11.1 Å². The Balaban J connectivity index is 1.41. The second-order valence-electron chi connectivity index (χ2n) is 7.98. The Bertz CT molecular complexity index is 1090. The zero-order valence-electron chi connectivity index (χ0n) is 18.3. The van der Waals surface area contributed by atoms with Crippen molar-refractivity contribution < 1.29 is 14.0 Å². The molecule has 1 aromatic carbocycles. The minimum atomic E-state index is -0.547. The summed E-state index contributed by atoms with van der Waals surface area (Å²) in [7, 11) is 0. The van der Waals surface area contributed by atoms with Crippen LogP contribution in [0, 0.1) is 13.8 Å². The fraction of sp³-hybridized carbons (Fsp3) is 0.391. The topological polar surface area (TPSA) is 102 Å². The van der Waals surface area contributed by atoms with Gasteiger partial charge in [-0.2, -0.15) is 0 Å². The molecule has 0 spiro atoms. The van der Waals surface area contributed by atoms with E-state index in [0.29, 0.717) is 22.4 Å². The predicted octanol–water partition coefficient (Wildman–Crippen LogP) is 5.10. The minimum Gasteiger partial charge on any atom is -0.461 e. The van der Waals surface area contributed by atoms with Crippen LogP contribution < -0.4 is 10.6 Å². The second kappa shape index (κ2) is 10.0. The van der Waals surface area contributed by atoms with Crippen molar-refractivity contribution in [1.82, 2.24) is 20.1 Å². The zero-order valence-corrected chi connectivity index (χ0v) is 19.1. The van der Waals surface area contributed by atoms with Crippen LogP contribution in [0.4, 0.5) is 10.5 Å². The van der Waals surface area contributed by atoms with E-state index in [1.165, 1.54) is 18.2 Å². The number of imide groups is 1. The van der Waals surface area contributed by atoms with Gasteiger partial charge in [0.1, 0.15) is 0 Å². The number of benzene rings is 1. The molecule has 0 saturated heterocycles. The number of hydrogen-bond acceptors (Lipinski definition) is 6. The lowest BCUT2D eigenvalue weighted by Crippen LogP contribution is -2.35. The summed E-state index contributed by atoms with van der Waals surface area (Å²) in [5.41, 5.74) is 2.72. The summed E-state index contributed by atoms with van der Waals surface area (Å²) in [6.07, 6.45) is 7.25. The van der Waals surface area contributed by atoms with Crippen molar-refractivity contribution in [3.05, 3.63) is 47.7 Å². The van der Waals surface area contributed by atoms with Crippen LogP contribution in [-0.4, -0.2) is 32.5 Å². The number of aryl methyl sites for hydroxylation is 1. The molecule has 168 valence electrons. The summed E-state index contributed by atoms with van der Waals surface area (Å²) in [5, 5.41) is 14.5. The minimum absolute atomic E-state index is 0.0588. The predicted molar refractivity (Wildman–Crippen MR) is 124 cm³/mol. The van der Waals surface area contributed by atoms with Crippen molar-refractivity contribution in [3.63, 3.8) is 0 Å². The molecule has 3 amide bonds. The Kier molecular flexibility index (Phi) is 6.94. The van der Waals surface area contributed by atoms with Gasteiger partial charge in [0.05, 0.1) is 12.0 Å². The third kappa shape index (κ3) is 5.04. The Hall–Kier alpha value is -3.07. The van der Waals surface area contributed by atoms with Crippen molar-refractivity contribution in [2.45, 2.75) is 57.1 Å². The number of anilines is 1. The zero-order chi connectivity index (χ0) is 22.5. The first-order valence-corrected chi connectivity index (χ1v) is 11.8. The van der Waals surface area contributed by atoms with E-state index in [2.05, 4.69) is 25.4 Å². The van der Waals surface area contributed by atoms with E-state index in [9.17, 15) is 9.59 Å². The summed E-state index contributed by atoms with van der Waals surface area (Å²) >= 11 is 1.28. The number of carbonyl (C=O) groups is 2. The highest BCUT2D eigenvalue weighted by Gasteiger charge is 2.25. The van der Waals surface area contributed by atoms with Crippen molar-refractivity contribution in [1.29, 1.82) is 0 Å². The van der Waals surface area contributed by atoms with Crippen molar-refractivity contribution in [2.24, 2.45) is 0 Å². The highest BCUT2D eigenvalue weighted by molar-refractivity contribution is 7.99. The SMILES string of the molecule is Cc1cccc(NC(=O)NC(=O)CSc2nnc(-c3ccco3)n2C2CCCCC2)c1C. The first kappa shape index (κ1) is 22.1. The monoisotopic (exact) mass is 453 g/mol. The van der Waals surface area contributed by atoms with Crippen LogP contribution in [0.5, 0.6) is 0 Å². The molecule has 0 atom stereocenters. The van der Waals surface area contributed by atoms with Crippen LogP contribution in [0.15, 0.2) is 46.2 Å². The molecule has 9 heteroatoms.